The first-order chi connectivity index (χ1) is 9.58. The quantitative estimate of drug-likeness (QED) is 0.876. The van der Waals surface area contributed by atoms with E-state index in [-0.39, 0.29) is 12.0 Å². The minimum atomic E-state index is 0.00953. The Labute approximate surface area is 125 Å². The molecule has 20 heavy (non-hydrogen) atoms. The van der Waals surface area contributed by atoms with Gasteiger partial charge in [-0.1, -0.05) is 0 Å². The highest BCUT2D eigenvalue weighted by molar-refractivity contribution is 7.11. The Kier molecular flexibility index (Phi) is 5.55. The molecular weight excluding hydrogens is 272 g/mol. The molecule has 114 valence electrons. The second kappa shape index (κ2) is 6.98. The molecule has 1 aliphatic heterocycles. The molecule has 0 bridgehead atoms. The summed E-state index contributed by atoms with van der Waals surface area (Å²) in [4.78, 5) is 8.38. The van der Waals surface area contributed by atoms with Gasteiger partial charge in [-0.15, -0.1) is 11.3 Å². The van der Waals surface area contributed by atoms with Gasteiger partial charge in [-0.2, -0.15) is 0 Å². The lowest BCUT2D eigenvalue weighted by Gasteiger charge is -2.41. The highest BCUT2D eigenvalue weighted by Crippen LogP contribution is 2.34. The van der Waals surface area contributed by atoms with Crippen molar-refractivity contribution in [3.05, 3.63) is 15.6 Å². The van der Waals surface area contributed by atoms with Crippen LogP contribution in [-0.2, 0) is 11.3 Å². The van der Waals surface area contributed by atoms with Gasteiger partial charge in [-0.25, -0.2) is 4.98 Å². The second-order valence-electron chi connectivity index (χ2n) is 5.96. The molecule has 1 aliphatic rings. The number of aromatic nitrogens is 1. The average Bonchev–Trinajstić information content (AvgIpc) is 2.75. The van der Waals surface area contributed by atoms with Crippen LogP contribution in [-0.4, -0.2) is 48.4 Å². The van der Waals surface area contributed by atoms with E-state index < -0.39 is 0 Å². The Balaban J connectivity index is 1.98. The number of hydrogen-bond acceptors (Lipinski definition) is 5. The molecule has 1 aromatic rings. The number of rotatable bonds is 6. The fourth-order valence-electron chi connectivity index (χ4n) is 2.97. The van der Waals surface area contributed by atoms with E-state index in [0.29, 0.717) is 0 Å². The van der Waals surface area contributed by atoms with Crippen LogP contribution >= 0.6 is 11.3 Å². The summed E-state index contributed by atoms with van der Waals surface area (Å²) in [6.07, 6.45) is 3.18. The Morgan fingerprint density at radius 3 is 2.85 bits per heavy atom. The number of methoxy groups -OCH3 is 1. The van der Waals surface area contributed by atoms with E-state index in [4.69, 9.17) is 4.74 Å². The SMILES string of the molecule is COCC[C@@]1(CO)CCCN(Cc2nc(C)c(C)s2)C1. The Morgan fingerprint density at radius 1 is 1.45 bits per heavy atom. The molecule has 0 amide bonds. The molecule has 5 heteroatoms. The van der Waals surface area contributed by atoms with Gasteiger partial charge in [0.2, 0.25) is 0 Å². The van der Waals surface area contributed by atoms with E-state index in [1.54, 1.807) is 18.4 Å². The van der Waals surface area contributed by atoms with Crippen molar-refractivity contribution in [3.8, 4) is 0 Å². The molecule has 2 heterocycles. The largest absolute Gasteiger partial charge is 0.396 e. The summed E-state index contributed by atoms with van der Waals surface area (Å²) < 4.78 is 5.20. The molecule has 1 atom stereocenters. The van der Waals surface area contributed by atoms with Gasteiger partial charge in [0.05, 0.1) is 18.8 Å². The topological polar surface area (TPSA) is 45.6 Å². The average molecular weight is 298 g/mol. The van der Waals surface area contributed by atoms with E-state index in [1.165, 1.54) is 9.88 Å². The van der Waals surface area contributed by atoms with Crippen LogP contribution in [0.15, 0.2) is 0 Å². The summed E-state index contributed by atoms with van der Waals surface area (Å²) in [6.45, 7) is 8.14. The number of aryl methyl sites for hydroxylation is 2. The van der Waals surface area contributed by atoms with Crippen molar-refractivity contribution in [3.63, 3.8) is 0 Å². The van der Waals surface area contributed by atoms with E-state index in [2.05, 4.69) is 23.7 Å². The molecule has 0 unspecified atom stereocenters. The molecule has 2 rings (SSSR count). The van der Waals surface area contributed by atoms with Gasteiger partial charge >= 0.3 is 0 Å². The summed E-state index contributed by atoms with van der Waals surface area (Å²) in [5, 5.41) is 11.0. The van der Waals surface area contributed by atoms with Gasteiger partial charge in [0.1, 0.15) is 5.01 Å². The highest BCUT2D eigenvalue weighted by atomic mass is 32.1. The first kappa shape index (κ1) is 15.9. The number of nitrogens with zero attached hydrogens (tertiary/aromatic N) is 2. The van der Waals surface area contributed by atoms with Gasteiger partial charge in [0, 0.05) is 30.6 Å². The maximum Gasteiger partial charge on any atom is 0.107 e. The summed E-state index contributed by atoms with van der Waals surface area (Å²) >= 11 is 1.79. The fraction of sp³-hybridized carbons (Fsp3) is 0.800. The van der Waals surface area contributed by atoms with E-state index in [0.717, 1.165) is 51.2 Å². The smallest absolute Gasteiger partial charge is 0.107 e. The standard InChI is InChI=1S/C15H26N2O2S/c1-12-13(2)20-14(16-12)9-17-7-4-5-15(10-17,11-18)6-8-19-3/h18H,4-11H2,1-3H3/t15-/m0/s1. The maximum atomic E-state index is 9.81. The second-order valence-corrected chi connectivity index (χ2v) is 7.25. The third-order valence-electron chi connectivity index (χ3n) is 4.34. The zero-order valence-corrected chi connectivity index (χ0v) is 13.6. The van der Waals surface area contributed by atoms with Crippen LogP contribution in [0.2, 0.25) is 0 Å². The number of hydrogen-bond donors (Lipinski definition) is 1. The molecule has 0 aromatic carbocycles. The Bertz CT molecular complexity index is 416. The number of likely N-dealkylation sites (tertiary alicyclic amines) is 1. The van der Waals surface area contributed by atoms with Gasteiger partial charge in [-0.3, -0.25) is 4.90 Å². The summed E-state index contributed by atoms with van der Waals surface area (Å²) in [5.41, 5.74) is 1.16. The van der Waals surface area contributed by atoms with Crippen molar-refractivity contribution >= 4 is 11.3 Å². The molecular formula is C15H26N2O2S. The number of ether oxygens (including phenoxy) is 1. The van der Waals surface area contributed by atoms with Crippen molar-refractivity contribution in [2.24, 2.45) is 5.41 Å². The molecule has 1 N–H and O–H groups in total. The summed E-state index contributed by atoms with van der Waals surface area (Å²) in [6, 6.07) is 0. The summed E-state index contributed by atoms with van der Waals surface area (Å²) in [5.74, 6) is 0. The van der Waals surface area contributed by atoms with Crippen molar-refractivity contribution in [2.45, 2.75) is 39.7 Å². The van der Waals surface area contributed by atoms with E-state index in [9.17, 15) is 5.11 Å². The van der Waals surface area contributed by atoms with E-state index >= 15 is 0 Å². The van der Waals surface area contributed by atoms with Gasteiger partial charge in [0.25, 0.3) is 0 Å². The number of aliphatic hydroxyl groups excluding tert-OH is 1. The number of thiazole rings is 1. The van der Waals surface area contributed by atoms with Crippen LogP contribution in [0.1, 0.15) is 34.8 Å². The van der Waals surface area contributed by atoms with Crippen molar-refractivity contribution in [1.29, 1.82) is 0 Å². The minimum absolute atomic E-state index is 0.00953. The molecule has 0 saturated carbocycles. The first-order valence-electron chi connectivity index (χ1n) is 7.34. The lowest BCUT2D eigenvalue weighted by molar-refractivity contribution is 0.00473. The number of piperidine rings is 1. The molecule has 4 nitrogen and oxygen atoms in total. The lowest BCUT2D eigenvalue weighted by atomic mass is 9.78. The van der Waals surface area contributed by atoms with Crippen LogP contribution in [0.3, 0.4) is 0 Å². The predicted molar refractivity (Wildman–Crippen MR) is 82.1 cm³/mol. The van der Waals surface area contributed by atoms with Gasteiger partial charge in [-0.05, 0) is 39.7 Å². The summed E-state index contributed by atoms with van der Waals surface area (Å²) in [7, 11) is 1.73. The third-order valence-corrected chi connectivity index (χ3v) is 5.40. The van der Waals surface area contributed by atoms with Crippen LogP contribution < -0.4 is 0 Å². The molecule has 1 fully saturated rings. The van der Waals surface area contributed by atoms with Crippen LogP contribution in [0.5, 0.6) is 0 Å². The minimum Gasteiger partial charge on any atom is -0.396 e. The Morgan fingerprint density at radius 2 is 2.25 bits per heavy atom. The van der Waals surface area contributed by atoms with Gasteiger partial charge < -0.3 is 9.84 Å². The first-order valence-corrected chi connectivity index (χ1v) is 8.15. The zero-order valence-electron chi connectivity index (χ0n) is 12.8. The lowest BCUT2D eigenvalue weighted by Crippen LogP contribution is -2.45. The zero-order chi connectivity index (χ0) is 14.6. The molecule has 1 aromatic heterocycles. The Hall–Kier alpha value is -0.490. The highest BCUT2D eigenvalue weighted by Gasteiger charge is 2.34. The van der Waals surface area contributed by atoms with Crippen molar-refractivity contribution in [1.82, 2.24) is 9.88 Å². The molecule has 0 spiro atoms. The van der Waals surface area contributed by atoms with Crippen LogP contribution in [0, 0.1) is 19.3 Å². The van der Waals surface area contributed by atoms with Crippen molar-refractivity contribution in [2.75, 3.05) is 33.4 Å². The van der Waals surface area contributed by atoms with E-state index in [1.807, 2.05) is 0 Å². The maximum absolute atomic E-state index is 9.81. The normalized spacial score (nSPS) is 24.2. The van der Waals surface area contributed by atoms with Crippen LogP contribution in [0.4, 0.5) is 0 Å². The third kappa shape index (κ3) is 3.79. The van der Waals surface area contributed by atoms with Crippen molar-refractivity contribution < 1.29 is 9.84 Å². The monoisotopic (exact) mass is 298 g/mol. The van der Waals surface area contributed by atoms with Gasteiger partial charge in [0.15, 0.2) is 0 Å². The number of aliphatic hydroxyl groups is 1. The molecule has 1 saturated heterocycles. The predicted octanol–water partition coefficient (Wildman–Crippen LogP) is 2.37. The fourth-order valence-corrected chi connectivity index (χ4v) is 3.95. The molecule has 0 radical (unpaired) electrons. The van der Waals surface area contributed by atoms with Crippen LogP contribution in [0.25, 0.3) is 0 Å². The molecule has 0 aliphatic carbocycles.